The van der Waals surface area contributed by atoms with Crippen LogP contribution in [0.3, 0.4) is 0 Å². The lowest BCUT2D eigenvalue weighted by molar-refractivity contribution is 0.574. The van der Waals surface area contributed by atoms with E-state index in [-0.39, 0.29) is 5.15 Å². The summed E-state index contributed by atoms with van der Waals surface area (Å²) in [5.74, 6) is 0. The van der Waals surface area contributed by atoms with Crippen molar-refractivity contribution in [1.29, 1.82) is 0 Å². The average Bonchev–Trinajstić information content (AvgIpc) is 2.37. The molecule has 0 fully saturated rings. The summed E-state index contributed by atoms with van der Waals surface area (Å²) in [5, 5.41) is 0.680. The van der Waals surface area contributed by atoms with Crippen molar-refractivity contribution in [2.75, 3.05) is 0 Å². The SMILES string of the molecule is Cc1c(Cl)[nH]c(=O)n(C(C)c2ccc(Cl)cc2)c1=O. The Bertz CT molecular complexity index is 717. The second-order valence-corrected chi connectivity index (χ2v) is 5.09. The summed E-state index contributed by atoms with van der Waals surface area (Å²) in [6, 6.07) is 6.60. The fraction of sp³-hybridized carbons (Fsp3) is 0.231. The van der Waals surface area contributed by atoms with Crippen molar-refractivity contribution in [2.24, 2.45) is 0 Å². The van der Waals surface area contributed by atoms with E-state index in [1.165, 1.54) is 0 Å². The minimum atomic E-state index is -0.525. The fourth-order valence-electron chi connectivity index (χ4n) is 1.86. The van der Waals surface area contributed by atoms with E-state index >= 15 is 0 Å². The van der Waals surface area contributed by atoms with E-state index in [9.17, 15) is 9.59 Å². The number of H-pyrrole nitrogens is 1. The maximum absolute atomic E-state index is 12.1. The Kier molecular flexibility index (Phi) is 3.83. The third-order valence-electron chi connectivity index (χ3n) is 3.04. The Balaban J connectivity index is 2.59. The van der Waals surface area contributed by atoms with Crippen molar-refractivity contribution in [3.8, 4) is 0 Å². The first-order valence-corrected chi connectivity index (χ1v) is 6.43. The van der Waals surface area contributed by atoms with Gasteiger partial charge in [0.1, 0.15) is 5.15 Å². The van der Waals surface area contributed by atoms with Crippen LogP contribution >= 0.6 is 23.2 Å². The van der Waals surface area contributed by atoms with Gasteiger partial charge in [-0.1, -0.05) is 35.3 Å². The lowest BCUT2D eigenvalue weighted by atomic mass is 10.1. The van der Waals surface area contributed by atoms with Crippen molar-refractivity contribution >= 4 is 23.2 Å². The van der Waals surface area contributed by atoms with Crippen molar-refractivity contribution in [3.63, 3.8) is 0 Å². The predicted octanol–water partition coefficient (Wildman–Crippen LogP) is 2.76. The number of halogens is 2. The second-order valence-electron chi connectivity index (χ2n) is 4.27. The normalized spacial score (nSPS) is 12.4. The topological polar surface area (TPSA) is 54.9 Å². The van der Waals surface area contributed by atoms with Gasteiger partial charge in [-0.15, -0.1) is 0 Å². The zero-order valence-corrected chi connectivity index (χ0v) is 11.9. The highest BCUT2D eigenvalue weighted by molar-refractivity contribution is 6.30. The molecule has 19 heavy (non-hydrogen) atoms. The number of hydrogen-bond donors (Lipinski definition) is 1. The molecule has 0 aliphatic heterocycles. The lowest BCUT2D eigenvalue weighted by Gasteiger charge is -2.15. The van der Waals surface area contributed by atoms with Gasteiger partial charge in [0.05, 0.1) is 6.04 Å². The van der Waals surface area contributed by atoms with E-state index in [4.69, 9.17) is 23.2 Å². The van der Waals surface area contributed by atoms with Gasteiger partial charge in [-0.2, -0.15) is 0 Å². The third kappa shape index (κ3) is 2.60. The first kappa shape index (κ1) is 13.9. The van der Waals surface area contributed by atoms with E-state index in [0.717, 1.165) is 10.1 Å². The van der Waals surface area contributed by atoms with E-state index in [1.54, 1.807) is 38.1 Å². The molecule has 0 saturated heterocycles. The van der Waals surface area contributed by atoms with Gasteiger partial charge in [0.2, 0.25) is 0 Å². The van der Waals surface area contributed by atoms with Crippen LogP contribution in [0.2, 0.25) is 10.2 Å². The van der Waals surface area contributed by atoms with Gasteiger partial charge in [0, 0.05) is 10.6 Å². The molecule has 1 aromatic heterocycles. The highest BCUT2D eigenvalue weighted by Crippen LogP contribution is 2.18. The minimum absolute atomic E-state index is 0.0783. The van der Waals surface area contributed by atoms with Crippen molar-refractivity contribution in [3.05, 3.63) is 66.4 Å². The molecule has 100 valence electrons. The summed E-state index contributed by atoms with van der Waals surface area (Å²) >= 11 is 11.6. The van der Waals surface area contributed by atoms with E-state index < -0.39 is 17.3 Å². The molecule has 2 aromatic rings. The van der Waals surface area contributed by atoms with Crippen LogP contribution in [0.4, 0.5) is 0 Å². The Morgan fingerprint density at radius 3 is 2.32 bits per heavy atom. The largest absolute Gasteiger partial charge is 0.330 e. The monoisotopic (exact) mass is 298 g/mol. The lowest BCUT2D eigenvalue weighted by Crippen LogP contribution is -2.38. The zero-order chi connectivity index (χ0) is 14.2. The summed E-state index contributed by atoms with van der Waals surface area (Å²) in [6.07, 6.45) is 0. The number of rotatable bonds is 2. The number of nitrogens with one attached hydrogen (secondary N) is 1. The molecule has 0 spiro atoms. The zero-order valence-electron chi connectivity index (χ0n) is 10.4. The smallest absolute Gasteiger partial charge is 0.297 e. The standard InChI is InChI=1S/C13H12Cl2N2O2/c1-7-11(15)16-13(19)17(12(7)18)8(2)9-3-5-10(14)6-4-9/h3-6,8H,1-2H3,(H,16,19). The van der Waals surface area contributed by atoms with Crippen LogP contribution in [0.25, 0.3) is 0 Å². The molecule has 1 N–H and O–H groups in total. The van der Waals surface area contributed by atoms with Gasteiger partial charge < -0.3 is 0 Å². The van der Waals surface area contributed by atoms with Gasteiger partial charge in [-0.3, -0.25) is 14.3 Å². The van der Waals surface area contributed by atoms with Crippen molar-refractivity contribution in [1.82, 2.24) is 9.55 Å². The van der Waals surface area contributed by atoms with E-state index in [0.29, 0.717) is 10.6 Å². The molecule has 1 heterocycles. The number of aromatic amines is 1. The highest BCUT2D eigenvalue weighted by atomic mass is 35.5. The van der Waals surface area contributed by atoms with Gasteiger partial charge in [0.25, 0.3) is 5.56 Å². The van der Waals surface area contributed by atoms with Gasteiger partial charge in [-0.25, -0.2) is 4.79 Å². The van der Waals surface area contributed by atoms with E-state index in [2.05, 4.69) is 4.98 Å². The van der Waals surface area contributed by atoms with Crippen molar-refractivity contribution < 1.29 is 0 Å². The van der Waals surface area contributed by atoms with Crippen LogP contribution < -0.4 is 11.2 Å². The average molecular weight is 299 g/mol. The molecule has 6 heteroatoms. The second kappa shape index (κ2) is 5.23. The maximum atomic E-state index is 12.1. The molecule has 1 aromatic carbocycles. The Hall–Kier alpha value is -1.52. The first-order valence-electron chi connectivity index (χ1n) is 5.68. The fourth-order valence-corrected chi connectivity index (χ4v) is 2.14. The predicted molar refractivity (Wildman–Crippen MR) is 76.3 cm³/mol. The molecule has 0 radical (unpaired) electrons. The summed E-state index contributed by atoms with van der Waals surface area (Å²) in [5.41, 5.74) is 0.222. The minimum Gasteiger partial charge on any atom is -0.297 e. The van der Waals surface area contributed by atoms with Gasteiger partial charge >= 0.3 is 5.69 Å². The highest BCUT2D eigenvalue weighted by Gasteiger charge is 2.15. The van der Waals surface area contributed by atoms with Crippen LogP contribution in [-0.2, 0) is 0 Å². The third-order valence-corrected chi connectivity index (χ3v) is 3.67. The molecule has 0 amide bonds. The van der Waals surface area contributed by atoms with E-state index in [1.807, 2.05) is 0 Å². The Morgan fingerprint density at radius 2 is 1.74 bits per heavy atom. The molecule has 4 nitrogen and oxygen atoms in total. The van der Waals surface area contributed by atoms with Crippen LogP contribution in [0.15, 0.2) is 33.9 Å². The van der Waals surface area contributed by atoms with Gasteiger partial charge in [0.15, 0.2) is 0 Å². The molecule has 0 aliphatic rings. The van der Waals surface area contributed by atoms with Crippen LogP contribution in [-0.4, -0.2) is 9.55 Å². The quantitative estimate of drug-likeness (QED) is 0.867. The summed E-state index contributed by atoms with van der Waals surface area (Å²) in [4.78, 5) is 26.5. The van der Waals surface area contributed by atoms with Crippen LogP contribution in [0, 0.1) is 6.92 Å². The number of aromatic nitrogens is 2. The van der Waals surface area contributed by atoms with Crippen molar-refractivity contribution in [2.45, 2.75) is 19.9 Å². The molecular formula is C13H12Cl2N2O2. The first-order chi connectivity index (χ1) is 8.91. The number of nitrogens with zero attached hydrogens (tertiary/aromatic N) is 1. The number of hydrogen-bond acceptors (Lipinski definition) is 2. The summed E-state index contributed by atoms with van der Waals surface area (Å²) in [6.45, 7) is 3.35. The molecule has 0 bridgehead atoms. The molecule has 0 aliphatic carbocycles. The summed E-state index contributed by atoms with van der Waals surface area (Å²) < 4.78 is 1.14. The Labute approximate surface area is 119 Å². The Morgan fingerprint density at radius 1 is 1.16 bits per heavy atom. The molecule has 0 saturated carbocycles. The molecule has 1 unspecified atom stereocenters. The molecule has 1 atom stereocenters. The van der Waals surface area contributed by atoms with Gasteiger partial charge in [-0.05, 0) is 31.5 Å². The van der Waals surface area contributed by atoms with Crippen LogP contribution in [0.1, 0.15) is 24.1 Å². The summed E-state index contributed by atoms with van der Waals surface area (Å²) in [7, 11) is 0. The molecular weight excluding hydrogens is 287 g/mol. The molecule has 2 rings (SSSR count). The maximum Gasteiger partial charge on any atom is 0.330 e. The van der Waals surface area contributed by atoms with Crippen LogP contribution in [0.5, 0.6) is 0 Å². The number of benzene rings is 1.